The van der Waals surface area contributed by atoms with Crippen LogP contribution in [0.5, 0.6) is 0 Å². The van der Waals surface area contributed by atoms with E-state index in [0.29, 0.717) is 0 Å². The lowest BCUT2D eigenvalue weighted by atomic mass is 9.80. The van der Waals surface area contributed by atoms with Gasteiger partial charge < -0.3 is 49.2 Å². The van der Waals surface area contributed by atoms with E-state index < -0.39 is 79.1 Å². The molecule has 176 valence electrons. The third-order valence-corrected chi connectivity index (χ3v) is 6.02. The number of esters is 2. The van der Waals surface area contributed by atoms with Crippen molar-refractivity contribution < 1.29 is 58.8 Å². The molecule has 5 N–H and O–H groups in total. The van der Waals surface area contributed by atoms with Gasteiger partial charge in [-0.25, -0.2) is 4.79 Å². The molecule has 2 aliphatic heterocycles. The Morgan fingerprint density at radius 1 is 1.16 bits per heavy atom. The fourth-order valence-electron chi connectivity index (χ4n) is 4.63. The molecule has 3 aliphatic rings. The van der Waals surface area contributed by atoms with Crippen molar-refractivity contribution in [1.82, 2.24) is 0 Å². The first-order chi connectivity index (χ1) is 14.5. The highest BCUT2D eigenvalue weighted by molar-refractivity contribution is 5.89. The van der Waals surface area contributed by atoms with Crippen LogP contribution in [0.1, 0.15) is 20.3 Å². The number of aliphatic hydroxyl groups is 5. The van der Waals surface area contributed by atoms with Gasteiger partial charge in [-0.3, -0.25) is 4.79 Å². The van der Waals surface area contributed by atoms with E-state index in [1.165, 1.54) is 14.0 Å². The molecule has 0 aromatic carbocycles. The van der Waals surface area contributed by atoms with Crippen LogP contribution >= 0.6 is 0 Å². The number of ether oxygens (including phenoxy) is 5. The number of fused-ring (bicyclic) bond motifs is 1. The van der Waals surface area contributed by atoms with E-state index in [4.69, 9.17) is 23.7 Å². The zero-order valence-corrected chi connectivity index (χ0v) is 17.3. The topological polar surface area (TPSA) is 181 Å². The largest absolute Gasteiger partial charge is 0.471 e. The summed E-state index contributed by atoms with van der Waals surface area (Å²) in [5.41, 5.74) is -1.30. The van der Waals surface area contributed by atoms with Crippen LogP contribution in [-0.4, -0.2) is 99.9 Å². The van der Waals surface area contributed by atoms with Crippen molar-refractivity contribution >= 4 is 11.9 Å². The van der Waals surface area contributed by atoms with Gasteiger partial charge in [0.15, 0.2) is 6.29 Å². The van der Waals surface area contributed by atoms with Gasteiger partial charge >= 0.3 is 11.9 Å². The number of carbonyl (C=O) groups excluding carboxylic acids is 2. The lowest BCUT2D eigenvalue weighted by Gasteiger charge is -2.44. The second-order valence-corrected chi connectivity index (χ2v) is 8.13. The average molecular weight is 448 g/mol. The second-order valence-electron chi connectivity index (χ2n) is 8.13. The Hall–Kier alpha value is -1.80. The summed E-state index contributed by atoms with van der Waals surface area (Å²) in [6.45, 7) is 2.09. The molecule has 1 saturated carbocycles. The Morgan fingerprint density at radius 3 is 2.42 bits per heavy atom. The van der Waals surface area contributed by atoms with E-state index >= 15 is 0 Å². The molecule has 0 amide bonds. The van der Waals surface area contributed by atoms with Gasteiger partial charge in [-0.05, 0) is 6.92 Å². The van der Waals surface area contributed by atoms with Gasteiger partial charge in [0.05, 0.1) is 37.6 Å². The van der Waals surface area contributed by atoms with Gasteiger partial charge in [-0.2, -0.15) is 0 Å². The highest BCUT2D eigenvalue weighted by Crippen LogP contribution is 2.51. The number of aliphatic hydroxyl groups excluding tert-OH is 5. The van der Waals surface area contributed by atoms with E-state index in [1.54, 1.807) is 6.92 Å². The molecule has 1 saturated heterocycles. The average Bonchev–Trinajstić information content (AvgIpc) is 2.98. The van der Waals surface area contributed by atoms with Crippen LogP contribution < -0.4 is 0 Å². The summed E-state index contributed by atoms with van der Waals surface area (Å²) in [6, 6.07) is 0. The molecular formula is C19H28O12. The van der Waals surface area contributed by atoms with E-state index in [-0.39, 0.29) is 12.0 Å². The molecule has 0 bridgehead atoms. The zero-order valence-electron chi connectivity index (χ0n) is 17.3. The van der Waals surface area contributed by atoms with E-state index in [9.17, 15) is 35.1 Å². The quantitative estimate of drug-likeness (QED) is 0.280. The molecule has 1 aliphatic carbocycles. The maximum atomic E-state index is 12.2. The summed E-state index contributed by atoms with van der Waals surface area (Å²) in [5.74, 6) is -3.18. The molecular weight excluding hydrogens is 420 g/mol. The van der Waals surface area contributed by atoms with Crippen LogP contribution in [0, 0.1) is 11.8 Å². The SMILES string of the molecule is COC(=O)C1=COC(O[C@@H]2O[C@H](CO)[C@@H](O)[C@H](O)[C@H]2O)C2C1C(O)CC2(C)OC(C)=O. The number of hydrogen-bond donors (Lipinski definition) is 5. The van der Waals surface area contributed by atoms with Crippen LogP contribution in [0.15, 0.2) is 11.8 Å². The maximum absolute atomic E-state index is 12.2. The molecule has 5 unspecified atom stereocenters. The Balaban J connectivity index is 1.93. The molecule has 2 fully saturated rings. The Morgan fingerprint density at radius 2 is 1.84 bits per heavy atom. The van der Waals surface area contributed by atoms with Gasteiger partial charge in [0, 0.05) is 19.3 Å². The fraction of sp³-hybridized carbons (Fsp3) is 0.789. The maximum Gasteiger partial charge on any atom is 0.337 e. The summed E-state index contributed by atoms with van der Waals surface area (Å²) in [4.78, 5) is 23.9. The molecule has 10 atom stereocenters. The van der Waals surface area contributed by atoms with E-state index in [1.807, 2.05) is 0 Å². The van der Waals surface area contributed by atoms with Gasteiger partial charge in [0.25, 0.3) is 0 Å². The smallest absolute Gasteiger partial charge is 0.337 e. The lowest BCUT2D eigenvalue weighted by Crippen LogP contribution is -2.61. The summed E-state index contributed by atoms with van der Waals surface area (Å²) in [5, 5.41) is 50.3. The first-order valence-corrected chi connectivity index (χ1v) is 9.81. The van der Waals surface area contributed by atoms with Gasteiger partial charge in [-0.15, -0.1) is 0 Å². The van der Waals surface area contributed by atoms with Crippen LogP contribution in [-0.2, 0) is 33.3 Å². The van der Waals surface area contributed by atoms with Crippen molar-refractivity contribution in [2.75, 3.05) is 13.7 Å². The number of rotatable bonds is 5. The zero-order chi connectivity index (χ0) is 23.1. The number of carbonyl (C=O) groups is 2. The highest BCUT2D eigenvalue weighted by atomic mass is 16.8. The van der Waals surface area contributed by atoms with E-state index in [2.05, 4.69) is 0 Å². The Labute approximate surface area is 177 Å². The van der Waals surface area contributed by atoms with Crippen molar-refractivity contribution in [3.63, 3.8) is 0 Å². The first-order valence-electron chi connectivity index (χ1n) is 9.81. The molecule has 0 radical (unpaired) electrons. The van der Waals surface area contributed by atoms with Crippen molar-refractivity contribution in [3.05, 3.63) is 11.8 Å². The predicted octanol–water partition coefficient (Wildman–Crippen LogP) is -2.47. The number of hydrogen-bond acceptors (Lipinski definition) is 12. The van der Waals surface area contributed by atoms with Crippen LogP contribution in [0.3, 0.4) is 0 Å². The summed E-state index contributed by atoms with van der Waals surface area (Å²) in [7, 11) is 1.17. The summed E-state index contributed by atoms with van der Waals surface area (Å²) < 4.78 is 26.8. The third kappa shape index (κ3) is 4.29. The van der Waals surface area contributed by atoms with Crippen LogP contribution in [0.25, 0.3) is 0 Å². The van der Waals surface area contributed by atoms with Crippen molar-refractivity contribution in [1.29, 1.82) is 0 Å². The lowest BCUT2D eigenvalue weighted by molar-refractivity contribution is -0.346. The molecule has 3 rings (SSSR count). The third-order valence-electron chi connectivity index (χ3n) is 6.02. The van der Waals surface area contributed by atoms with Gasteiger partial charge in [0.1, 0.15) is 30.0 Å². The second kappa shape index (κ2) is 8.98. The summed E-state index contributed by atoms with van der Waals surface area (Å²) in [6.07, 6.45) is -9.07. The standard InChI is InChI=1S/C19H28O12/c1-7(21)31-19(2)4-9(22)11-8(16(26)27-3)6-28-17(12(11)19)30-18-15(25)14(24)13(23)10(5-20)29-18/h6,9-15,17-18,20,22-25H,4-5H2,1-3H3/t9?,10-,11?,12?,13-,14+,15-,17?,18+,19?/m1/s1. The molecule has 12 heteroatoms. The van der Waals surface area contributed by atoms with Crippen LogP contribution in [0.2, 0.25) is 0 Å². The molecule has 12 nitrogen and oxygen atoms in total. The molecule has 0 aromatic heterocycles. The Kier molecular flexibility index (Phi) is 6.91. The molecule has 31 heavy (non-hydrogen) atoms. The minimum atomic E-state index is -1.70. The van der Waals surface area contributed by atoms with Crippen molar-refractivity contribution in [2.45, 2.75) is 69.0 Å². The molecule has 0 aromatic rings. The molecule has 2 heterocycles. The first kappa shape index (κ1) is 23.9. The minimum Gasteiger partial charge on any atom is -0.471 e. The monoisotopic (exact) mass is 448 g/mol. The van der Waals surface area contributed by atoms with Crippen molar-refractivity contribution in [2.24, 2.45) is 11.8 Å². The van der Waals surface area contributed by atoms with Gasteiger partial charge in [0.2, 0.25) is 6.29 Å². The van der Waals surface area contributed by atoms with E-state index in [0.717, 1.165) is 6.26 Å². The van der Waals surface area contributed by atoms with Crippen molar-refractivity contribution in [3.8, 4) is 0 Å². The highest BCUT2D eigenvalue weighted by Gasteiger charge is 2.61. The minimum absolute atomic E-state index is 0.0181. The fourth-order valence-corrected chi connectivity index (χ4v) is 4.63. The van der Waals surface area contributed by atoms with Crippen LogP contribution in [0.4, 0.5) is 0 Å². The normalized spacial score (nSPS) is 44.6. The Bertz CT molecular complexity index is 723. The predicted molar refractivity (Wildman–Crippen MR) is 97.6 cm³/mol. The molecule has 0 spiro atoms. The van der Waals surface area contributed by atoms with Gasteiger partial charge in [-0.1, -0.05) is 0 Å². The summed E-state index contributed by atoms with van der Waals surface area (Å²) >= 11 is 0. The number of methoxy groups -OCH3 is 1.